The van der Waals surface area contributed by atoms with Crippen molar-refractivity contribution in [2.45, 2.75) is 25.3 Å². The first-order valence-corrected chi connectivity index (χ1v) is 8.78. The highest BCUT2D eigenvalue weighted by Crippen LogP contribution is 2.29. The predicted octanol–water partition coefficient (Wildman–Crippen LogP) is 3.04. The number of hydrogen-bond acceptors (Lipinski definition) is 2. The average Bonchev–Trinajstić information content (AvgIpc) is 2.78. The number of aryl methyl sites for hydroxylation is 1. The van der Waals surface area contributed by atoms with E-state index in [0.717, 1.165) is 29.7 Å². The quantitative estimate of drug-likeness (QED) is 0.816. The molecule has 2 aromatic rings. The van der Waals surface area contributed by atoms with Crippen molar-refractivity contribution in [3.05, 3.63) is 29.8 Å². The molecule has 1 aliphatic heterocycles. The zero-order chi connectivity index (χ0) is 14.1. The Balaban J connectivity index is 2.07. The van der Waals surface area contributed by atoms with E-state index in [1.165, 1.54) is 12.1 Å². The van der Waals surface area contributed by atoms with Crippen molar-refractivity contribution in [3.63, 3.8) is 0 Å². The number of imidazole rings is 1. The van der Waals surface area contributed by atoms with Gasteiger partial charge in [0.15, 0.2) is 0 Å². The van der Waals surface area contributed by atoms with Crippen LogP contribution in [-0.2, 0) is 17.2 Å². The number of halogens is 2. The summed E-state index contributed by atoms with van der Waals surface area (Å²) in [7, 11) is -0.705. The molecule has 108 valence electrons. The summed E-state index contributed by atoms with van der Waals surface area (Å²) >= 11 is 5.85. The second-order valence-electron chi connectivity index (χ2n) is 5.05. The van der Waals surface area contributed by atoms with Gasteiger partial charge in [-0.05, 0) is 31.0 Å². The maximum absolute atomic E-state index is 13.5. The summed E-state index contributed by atoms with van der Waals surface area (Å²) in [4.78, 5) is 4.57. The predicted molar refractivity (Wildman–Crippen MR) is 80.3 cm³/mol. The number of hydrogen-bond donors (Lipinski definition) is 0. The van der Waals surface area contributed by atoms with Crippen molar-refractivity contribution in [1.29, 1.82) is 0 Å². The molecule has 20 heavy (non-hydrogen) atoms. The summed E-state index contributed by atoms with van der Waals surface area (Å²) in [6.07, 6.45) is 2.37. The smallest absolute Gasteiger partial charge is 0.125 e. The highest BCUT2D eigenvalue weighted by atomic mass is 35.5. The van der Waals surface area contributed by atoms with E-state index in [1.54, 1.807) is 6.07 Å². The first kappa shape index (κ1) is 14.0. The molecule has 0 amide bonds. The maximum atomic E-state index is 13.5. The van der Waals surface area contributed by atoms with Crippen LogP contribution in [0.1, 0.15) is 24.7 Å². The molecule has 0 radical (unpaired) electrons. The van der Waals surface area contributed by atoms with Crippen LogP contribution >= 0.6 is 11.6 Å². The van der Waals surface area contributed by atoms with E-state index in [4.69, 9.17) is 11.6 Å². The number of benzene rings is 1. The van der Waals surface area contributed by atoms with Gasteiger partial charge in [-0.3, -0.25) is 4.21 Å². The van der Waals surface area contributed by atoms with Gasteiger partial charge in [0.1, 0.15) is 11.6 Å². The highest BCUT2D eigenvalue weighted by Gasteiger charge is 2.23. The molecule has 0 aliphatic carbocycles. The molecule has 0 unspecified atom stereocenters. The molecular formula is C14H16ClFN2OS. The second-order valence-corrected chi connectivity index (χ2v) is 7.12. The van der Waals surface area contributed by atoms with Crippen LogP contribution in [0.5, 0.6) is 0 Å². The SMILES string of the molecule is O=S1CCC(n2c(CCCl)nc3ccc(F)cc32)CC1. The lowest BCUT2D eigenvalue weighted by Gasteiger charge is -2.25. The van der Waals surface area contributed by atoms with Gasteiger partial charge in [0.25, 0.3) is 0 Å². The fourth-order valence-corrected chi connectivity index (χ4v) is 4.27. The van der Waals surface area contributed by atoms with Gasteiger partial charge < -0.3 is 4.57 Å². The Kier molecular flexibility index (Phi) is 4.08. The van der Waals surface area contributed by atoms with Crippen molar-refractivity contribution in [2.24, 2.45) is 0 Å². The molecular weight excluding hydrogens is 299 g/mol. The van der Waals surface area contributed by atoms with Gasteiger partial charge in [-0.25, -0.2) is 9.37 Å². The first-order valence-electron chi connectivity index (χ1n) is 6.76. The Morgan fingerprint density at radius 3 is 2.85 bits per heavy atom. The Morgan fingerprint density at radius 1 is 1.40 bits per heavy atom. The summed E-state index contributed by atoms with van der Waals surface area (Å²) in [5.41, 5.74) is 1.63. The Labute approximate surface area is 124 Å². The zero-order valence-electron chi connectivity index (χ0n) is 11.0. The summed E-state index contributed by atoms with van der Waals surface area (Å²) in [5, 5.41) is 0. The minimum absolute atomic E-state index is 0.248. The van der Waals surface area contributed by atoms with Crippen LogP contribution in [0.4, 0.5) is 4.39 Å². The van der Waals surface area contributed by atoms with Crippen molar-refractivity contribution >= 4 is 33.4 Å². The lowest BCUT2D eigenvalue weighted by atomic mass is 10.1. The lowest BCUT2D eigenvalue weighted by molar-refractivity contribution is 0.459. The van der Waals surface area contributed by atoms with E-state index >= 15 is 0 Å². The van der Waals surface area contributed by atoms with E-state index < -0.39 is 10.8 Å². The number of fused-ring (bicyclic) bond motifs is 1. The van der Waals surface area contributed by atoms with Crippen molar-refractivity contribution in [3.8, 4) is 0 Å². The van der Waals surface area contributed by atoms with E-state index in [-0.39, 0.29) is 11.9 Å². The molecule has 1 aliphatic rings. The Hall–Kier alpha value is -0.940. The van der Waals surface area contributed by atoms with Crippen molar-refractivity contribution in [1.82, 2.24) is 9.55 Å². The minimum atomic E-state index is -0.705. The van der Waals surface area contributed by atoms with Gasteiger partial charge >= 0.3 is 0 Å². The van der Waals surface area contributed by atoms with E-state index in [0.29, 0.717) is 23.8 Å². The number of nitrogens with zero attached hydrogens (tertiary/aromatic N) is 2. The number of alkyl halides is 1. The summed E-state index contributed by atoms with van der Waals surface area (Å²) < 4.78 is 27.1. The van der Waals surface area contributed by atoms with Gasteiger partial charge in [0.05, 0.1) is 11.0 Å². The standard InChI is InChI=1S/C14H16ClFN2OS/c15-6-3-14-17-12-2-1-10(16)9-13(12)18(14)11-4-7-20(19)8-5-11/h1-2,9,11H,3-8H2. The van der Waals surface area contributed by atoms with Gasteiger partial charge in [-0.1, -0.05) is 0 Å². The molecule has 1 aromatic carbocycles. The zero-order valence-corrected chi connectivity index (χ0v) is 12.6. The molecule has 1 saturated heterocycles. The molecule has 1 aromatic heterocycles. The molecule has 2 heterocycles. The van der Waals surface area contributed by atoms with Crippen LogP contribution in [0.3, 0.4) is 0 Å². The summed E-state index contributed by atoms with van der Waals surface area (Å²) in [6, 6.07) is 4.92. The third kappa shape index (κ3) is 2.61. The molecule has 0 atom stereocenters. The van der Waals surface area contributed by atoms with Crippen LogP contribution in [0, 0.1) is 5.82 Å². The first-order chi connectivity index (χ1) is 9.69. The molecule has 0 saturated carbocycles. The van der Waals surface area contributed by atoms with E-state index in [2.05, 4.69) is 9.55 Å². The van der Waals surface area contributed by atoms with Gasteiger partial charge in [-0.15, -0.1) is 11.6 Å². The molecule has 6 heteroatoms. The normalized spacial score (nSPS) is 23.3. The fourth-order valence-electron chi connectivity index (χ4n) is 2.82. The van der Waals surface area contributed by atoms with Gasteiger partial charge in [0.2, 0.25) is 0 Å². The number of aromatic nitrogens is 2. The van der Waals surface area contributed by atoms with Crippen LogP contribution in [-0.4, -0.2) is 31.1 Å². The fraction of sp³-hybridized carbons (Fsp3) is 0.500. The van der Waals surface area contributed by atoms with Crippen molar-refractivity contribution < 1.29 is 8.60 Å². The van der Waals surface area contributed by atoms with Crippen LogP contribution < -0.4 is 0 Å². The van der Waals surface area contributed by atoms with E-state index in [1.807, 2.05) is 0 Å². The topological polar surface area (TPSA) is 34.9 Å². The minimum Gasteiger partial charge on any atom is -0.325 e. The van der Waals surface area contributed by atoms with Crippen molar-refractivity contribution in [2.75, 3.05) is 17.4 Å². The summed E-state index contributed by atoms with van der Waals surface area (Å²) in [5.74, 6) is 2.55. The molecule has 0 spiro atoms. The van der Waals surface area contributed by atoms with E-state index in [9.17, 15) is 8.60 Å². The van der Waals surface area contributed by atoms with Crippen LogP contribution in [0.25, 0.3) is 11.0 Å². The summed E-state index contributed by atoms with van der Waals surface area (Å²) in [6.45, 7) is 0. The highest BCUT2D eigenvalue weighted by molar-refractivity contribution is 7.85. The lowest BCUT2D eigenvalue weighted by Crippen LogP contribution is -2.23. The second kappa shape index (κ2) is 5.82. The van der Waals surface area contributed by atoms with Gasteiger partial charge in [0, 0.05) is 40.6 Å². The largest absolute Gasteiger partial charge is 0.325 e. The molecule has 3 rings (SSSR count). The van der Waals surface area contributed by atoms with Gasteiger partial charge in [-0.2, -0.15) is 0 Å². The third-order valence-electron chi connectivity index (χ3n) is 3.77. The number of rotatable bonds is 3. The Bertz CT molecular complexity index is 648. The Morgan fingerprint density at radius 2 is 2.15 bits per heavy atom. The maximum Gasteiger partial charge on any atom is 0.125 e. The average molecular weight is 315 g/mol. The monoisotopic (exact) mass is 314 g/mol. The molecule has 0 N–H and O–H groups in total. The van der Waals surface area contributed by atoms with Crippen LogP contribution in [0.2, 0.25) is 0 Å². The van der Waals surface area contributed by atoms with Crippen LogP contribution in [0.15, 0.2) is 18.2 Å². The molecule has 1 fully saturated rings. The third-order valence-corrected chi connectivity index (χ3v) is 5.34. The molecule has 0 bridgehead atoms. The molecule has 3 nitrogen and oxygen atoms in total.